The summed E-state index contributed by atoms with van der Waals surface area (Å²) < 4.78 is 46.2. The predicted molar refractivity (Wildman–Crippen MR) is 148 cm³/mol. The van der Waals surface area contributed by atoms with Crippen LogP contribution in [-0.2, 0) is 37.9 Å². The second kappa shape index (κ2) is 20.5. The van der Waals surface area contributed by atoms with Gasteiger partial charge in [0.25, 0.3) is 0 Å². The fourth-order valence-electron chi connectivity index (χ4n) is 5.33. The Kier molecular flexibility index (Phi) is 18.3. The molecular formula is C28H54O14. The summed E-state index contributed by atoms with van der Waals surface area (Å²) in [5.74, 6) is -1.02. The van der Waals surface area contributed by atoms with Crippen molar-refractivity contribution in [2.75, 3.05) is 79.3 Å². The molecule has 0 saturated carbocycles. The zero-order valence-electron chi connectivity index (χ0n) is 25.4. The molecule has 2 rings (SSSR count). The van der Waals surface area contributed by atoms with E-state index in [2.05, 4.69) is 0 Å². The van der Waals surface area contributed by atoms with Crippen LogP contribution >= 0.6 is 0 Å². The van der Waals surface area contributed by atoms with Gasteiger partial charge in [-0.1, -0.05) is 13.8 Å². The van der Waals surface area contributed by atoms with Crippen LogP contribution < -0.4 is 0 Å². The molecule has 2 aliphatic rings. The highest BCUT2D eigenvalue weighted by Crippen LogP contribution is 2.33. The first-order valence-corrected chi connectivity index (χ1v) is 14.9. The maximum atomic E-state index is 11.3. The lowest BCUT2D eigenvalue weighted by Crippen LogP contribution is -2.60. The van der Waals surface area contributed by atoms with Crippen LogP contribution in [0, 0.1) is 17.8 Å². The van der Waals surface area contributed by atoms with E-state index >= 15 is 0 Å². The molecule has 0 aromatic carbocycles. The average molecular weight is 615 g/mol. The molecule has 10 atom stereocenters. The van der Waals surface area contributed by atoms with Gasteiger partial charge in [-0.05, 0) is 19.8 Å². The zero-order valence-corrected chi connectivity index (χ0v) is 25.4. The number of hydrogen-bond acceptors (Lipinski definition) is 14. The lowest BCUT2D eigenvalue weighted by Gasteiger charge is -2.46. The molecule has 10 unspecified atom stereocenters. The Morgan fingerprint density at radius 2 is 1.19 bits per heavy atom. The average Bonchev–Trinajstić information content (AvgIpc) is 2.94. The minimum atomic E-state index is -1.21. The molecule has 0 amide bonds. The molecule has 250 valence electrons. The number of rotatable bonds is 21. The third-order valence-corrected chi connectivity index (χ3v) is 7.31. The smallest absolute Gasteiger partial charge is 0.186 e. The van der Waals surface area contributed by atoms with Crippen molar-refractivity contribution in [2.24, 2.45) is 17.8 Å². The second-order valence-electron chi connectivity index (χ2n) is 11.2. The van der Waals surface area contributed by atoms with Crippen LogP contribution in [0.3, 0.4) is 0 Å². The van der Waals surface area contributed by atoms with E-state index in [-0.39, 0.29) is 90.6 Å². The van der Waals surface area contributed by atoms with Gasteiger partial charge in [-0.25, -0.2) is 0 Å². The van der Waals surface area contributed by atoms with Gasteiger partial charge in [0.05, 0.1) is 110 Å². The molecule has 14 nitrogen and oxygen atoms in total. The van der Waals surface area contributed by atoms with E-state index < -0.39 is 54.9 Å². The molecule has 2 saturated heterocycles. The van der Waals surface area contributed by atoms with Crippen LogP contribution in [0.5, 0.6) is 0 Å². The van der Waals surface area contributed by atoms with Gasteiger partial charge in [0.15, 0.2) is 6.29 Å². The monoisotopic (exact) mass is 614 g/mol. The van der Waals surface area contributed by atoms with Crippen molar-refractivity contribution in [3.8, 4) is 0 Å². The van der Waals surface area contributed by atoms with E-state index in [1.54, 1.807) is 0 Å². The van der Waals surface area contributed by atoms with Crippen LogP contribution in [0.25, 0.3) is 0 Å². The van der Waals surface area contributed by atoms with E-state index in [4.69, 9.17) is 48.1 Å². The molecule has 14 heteroatoms. The first-order chi connectivity index (χ1) is 20.2. The summed E-state index contributed by atoms with van der Waals surface area (Å²) in [4.78, 5) is 0. The van der Waals surface area contributed by atoms with Crippen molar-refractivity contribution in [3.05, 3.63) is 0 Å². The van der Waals surface area contributed by atoms with Gasteiger partial charge in [0.1, 0.15) is 18.3 Å². The summed E-state index contributed by atoms with van der Waals surface area (Å²) in [5.41, 5.74) is 0. The van der Waals surface area contributed by atoms with Gasteiger partial charge in [-0.2, -0.15) is 0 Å². The molecule has 0 aromatic heterocycles. The van der Waals surface area contributed by atoms with Crippen LogP contribution in [0.15, 0.2) is 0 Å². The molecule has 2 heterocycles. The molecule has 0 radical (unpaired) electrons. The Labute approximate surface area is 248 Å². The summed E-state index contributed by atoms with van der Waals surface area (Å²) in [7, 11) is 0. The Balaban J connectivity index is 2.06. The summed E-state index contributed by atoms with van der Waals surface area (Å²) >= 11 is 0. The van der Waals surface area contributed by atoms with Gasteiger partial charge < -0.3 is 68.5 Å². The molecule has 42 heavy (non-hydrogen) atoms. The minimum Gasteiger partial charge on any atom is -0.394 e. The van der Waals surface area contributed by atoms with E-state index in [1.165, 1.54) is 0 Å². The second-order valence-corrected chi connectivity index (χ2v) is 11.2. The largest absolute Gasteiger partial charge is 0.394 e. The van der Waals surface area contributed by atoms with E-state index in [0.717, 1.165) is 0 Å². The Bertz CT molecular complexity index is 683. The molecule has 0 bridgehead atoms. The van der Waals surface area contributed by atoms with Crippen molar-refractivity contribution in [1.29, 1.82) is 0 Å². The fraction of sp³-hybridized carbons (Fsp3) is 1.00. The summed E-state index contributed by atoms with van der Waals surface area (Å²) in [5, 5.41) is 60.4. The highest BCUT2D eigenvalue weighted by molar-refractivity contribution is 4.94. The van der Waals surface area contributed by atoms with Crippen LogP contribution in [0.4, 0.5) is 0 Å². The summed E-state index contributed by atoms with van der Waals surface area (Å²) in [6.07, 6.45) is -7.50. The SMILES string of the molecule is CC(C)OC1OC(COCCO)C(COCC2OC(COCCOCCO)C(C(C)C)C(O)C2O)C(O)C1OCCO. The van der Waals surface area contributed by atoms with Crippen molar-refractivity contribution in [3.63, 3.8) is 0 Å². The molecule has 0 aliphatic carbocycles. The van der Waals surface area contributed by atoms with Crippen molar-refractivity contribution < 1.29 is 68.5 Å². The van der Waals surface area contributed by atoms with Gasteiger partial charge in [-0.3, -0.25) is 0 Å². The molecule has 2 fully saturated rings. The topological polar surface area (TPSA) is 195 Å². The molecule has 6 N–H and O–H groups in total. The molecule has 2 aliphatic heterocycles. The third-order valence-electron chi connectivity index (χ3n) is 7.31. The Morgan fingerprint density at radius 3 is 1.83 bits per heavy atom. The number of hydrogen-bond donors (Lipinski definition) is 6. The van der Waals surface area contributed by atoms with Gasteiger partial charge in [0, 0.05) is 11.8 Å². The van der Waals surface area contributed by atoms with Gasteiger partial charge in [0.2, 0.25) is 0 Å². The van der Waals surface area contributed by atoms with Crippen LogP contribution in [-0.4, -0.2) is 165 Å². The molecular weight excluding hydrogens is 560 g/mol. The minimum absolute atomic E-state index is 0.00169. The lowest BCUT2D eigenvalue weighted by atomic mass is 9.79. The summed E-state index contributed by atoms with van der Waals surface area (Å²) in [6.45, 7) is 7.99. The van der Waals surface area contributed by atoms with Gasteiger partial charge >= 0.3 is 0 Å². The fourth-order valence-corrected chi connectivity index (χ4v) is 5.33. The van der Waals surface area contributed by atoms with Gasteiger partial charge in [-0.15, -0.1) is 0 Å². The number of ether oxygens (including phenoxy) is 8. The maximum absolute atomic E-state index is 11.3. The van der Waals surface area contributed by atoms with E-state index in [0.29, 0.717) is 6.61 Å². The van der Waals surface area contributed by atoms with E-state index in [9.17, 15) is 20.4 Å². The van der Waals surface area contributed by atoms with Crippen molar-refractivity contribution in [1.82, 2.24) is 0 Å². The molecule has 0 aromatic rings. The van der Waals surface area contributed by atoms with Crippen molar-refractivity contribution >= 4 is 0 Å². The first kappa shape index (κ1) is 37.6. The Morgan fingerprint density at radius 1 is 0.595 bits per heavy atom. The predicted octanol–water partition coefficient (Wildman–Crippen LogP) is -1.70. The van der Waals surface area contributed by atoms with E-state index in [1.807, 2.05) is 27.7 Å². The third kappa shape index (κ3) is 11.7. The first-order valence-electron chi connectivity index (χ1n) is 14.9. The van der Waals surface area contributed by atoms with Crippen LogP contribution in [0.1, 0.15) is 27.7 Å². The molecule has 0 spiro atoms. The van der Waals surface area contributed by atoms with Crippen LogP contribution in [0.2, 0.25) is 0 Å². The number of aliphatic hydroxyl groups is 6. The normalized spacial score (nSPS) is 34.0. The standard InChI is InChI=1S/C28H54O14/c1-17(2)23-21(15-37-12-11-35-8-5-29)41-22(25(33)26(23)34)16-38-13-19-20(14-36-9-6-30)42-28(40-18(3)4)27(24(19)32)39-10-7-31/h17-34H,5-16H2,1-4H3. The summed E-state index contributed by atoms with van der Waals surface area (Å²) in [6, 6.07) is 0. The zero-order chi connectivity index (χ0) is 31.1. The highest BCUT2D eigenvalue weighted by atomic mass is 16.7. The van der Waals surface area contributed by atoms with Crippen molar-refractivity contribution in [2.45, 2.75) is 82.8 Å². The quantitative estimate of drug-likeness (QED) is 0.0801. The lowest BCUT2D eigenvalue weighted by molar-refractivity contribution is -0.314. The maximum Gasteiger partial charge on any atom is 0.186 e. The highest BCUT2D eigenvalue weighted by Gasteiger charge is 2.48. The Hall–Kier alpha value is -0.560. The number of aliphatic hydroxyl groups excluding tert-OH is 6.